The number of hydrogen-bond donors (Lipinski definition) is 0. The van der Waals surface area contributed by atoms with Gasteiger partial charge in [-0.3, -0.25) is 4.79 Å². The molecule has 1 saturated heterocycles. The van der Waals surface area contributed by atoms with Crippen molar-refractivity contribution >= 4 is 27.5 Å². The maximum atomic E-state index is 13.7. The highest BCUT2D eigenvalue weighted by molar-refractivity contribution is 7.89. The first-order chi connectivity index (χ1) is 20.5. The van der Waals surface area contributed by atoms with Crippen LogP contribution in [0.2, 0.25) is 0 Å². The van der Waals surface area contributed by atoms with E-state index in [0.29, 0.717) is 24.5 Å². The highest BCUT2D eigenvalue weighted by Crippen LogP contribution is 2.32. The fourth-order valence-electron chi connectivity index (χ4n) is 5.38. The van der Waals surface area contributed by atoms with Gasteiger partial charge in [0.05, 0.1) is 22.8 Å². The topological polar surface area (TPSA) is 196 Å². The van der Waals surface area contributed by atoms with Gasteiger partial charge in [0, 0.05) is 26.3 Å². The minimum Gasteiger partial charge on any atom is -0.493 e. The van der Waals surface area contributed by atoms with E-state index in [1.165, 1.54) is 22.5 Å². The van der Waals surface area contributed by atoms with E-state index in [1.807, 2.05) is 20.0 Å². The molecule has 1 amide bonds. The molecular formula is C26H34N6O10S. The summed E-state index contributed by atoms with van der Waals surface area (Å²) in [7, 11) is -2.28. The second kappa shape index (κ2) is 13.5. The molecular weight excluding hydrogens is 588 g/mol. The number of fused-ring (bicyclic) bond motifs is 1. The molecule has 0 N–H and O–H groups in total. The second-order valence-electron chi connectivity index (χ2n) is 10.4. The van der Waals surface area contributed by atoms with E-state index in [0.717, 1.165) is 18.4 Å². The van der Waals surface area contributed by atoms with Crippen LogP contribution in [0.25, 0.3) is 0 Å². The lowest BCUT2D eigenvalue weighted by Crippen LogP contribution is -2.43. The lowest BCUT2D eigenvalue weighted by atomic mass is 9.92. The molecule has 0 saturated carbocycles. The zero-order valence-electron chi connectivity index (χ0n) is 24.1. The van der Waals surface area contributed by atoms with Gasteiger partial charge < -0.3 is 19.3 Å². The maximum absolute atomic E-state index is 13.7. The summed E-state index contributed by atoms with van der Waals surface area (Å²) in [5.41, 5.74) is 1.77. The number of hydrogen-bond acceptors (Lipinski definition) is 12. The van der Waals surface area contributed by atoms with E-state index >= 15 is 0 Å². The highest BCUT2D eigenvalue weighted by atomic mass is 32.2. The maximum Gasteiger partial charge on any atom is 0.294 e. The molecule has 0 spiro atoms. The molecule has 234 valence electrons. The van der Waals surface area contributed by atoms with Crippen LogP contribution < -0.4 is 4.74 Å². The van der Waals surface area contributed by atoms with Crippen LogP contribution in [-0.2, 0) is 24.5 Å². The first-order valence-corrected chi connectivity index (χ1v) is 15.4. The highest BCUT2D eigenvalue weighted by Gasteiger charge is 2.39. The molecule has 16 nitrogen and oxygen atoms in total. The molecule has 0 aliphatic carbocycles. The predicted molar refractivity (Wildman–Crippen MR) is 152 cm³/mol. The minimum atomic E-state index is -4.06. The van der Waals surface area contributed by atoms with E-state index in [9.17, 15) is 33.4 Å². The largest absolute Gasteiger partial charge is 0.493 e. The third-order valence-corrected chi connectivity index (χ3v) is 9.33. The fraction of sp³-hybridized carbons (Fsp3) is 0.577. The number of rotatable bonds is 14. The monoisotopic (exact) mass is 622 g/mol. The number of aliphatic imine (C=N–C) groups is 2. The van der Waals surface area contributed by atoms with Crippen molar-refractivity contribution in [3.8, 4) is 5.75 Å². The van der Waals surface area contributed by atoms with Crippen LogP contribution in [0.1, 0.15) is 51.5 Å². The number of piperidine rings is 1. The summed E-state index contributed by atoms with van der Waals surface area (Å²) in [6.45, 7) is 3.64. The van der Waals surface area contributed by atoms with Crippen molar-refractivity contribution in [2.45, 2.75) is 63.0 Å². The molecule has 4 rings (SSSR count). The van der Waals surface area contributed by atoms with Crippen LogP contribution in [0, 0.1) is 26.1 Å². The molecule has 1 aromatic carbocycles. The van der Waals surface area contributed by atoms with Crippen LogP contribution >= 0.6 is 0 Å². The smallest absolute Gasteiger partial charge is 0.294 e. The Bertz CT molecular complexity index is 1450. The van der Waals surface area contributed by atoms with Gasteiger partial charge in [-0.25, -0.2) is 13.4 Å². The first kappa shape index (κ1) is 31.8. The number of carbonyl (C=O) groups is 1. The van der Waals surface area contributed by atoms with Crippen molar-refractivity contribution in [1.29, 1.82) is 0 Å². The van der Waals surface area contributed by atoms with Gasteiger partial charge in [0.25, 0.3) is 16.1 Å². The SMILES string of the molecule is CCCOc1ccc(S(=O)(=O)N2CCC([C@@H](CO[N+](=O)[O-])O[N+](=O)[O-])CC2)cc1C1=NC(=O)C2C(=N1)C(CCC)=CN2C. The molecule has 1 fully saturated rings. The number of nitrogens with zero attached hydrogens (tertiary/aromatic N) is 6. The van der Waals surface area contributed by atoms with E-state index in [-0.39, 0.29) is 42.2 Å². The summed E-state index contributed by atoms with van der Waals surface area (Å²) < 4.78 is 34.6. The summed E-state index contributed by atoms with van der Waals surface area (Å²) in [6.07, 6.45) is 3.22. The van der Waals surface area contributed by atoms with Crippen LogP contribution in [0.4, 0.5) is 0 Å². The number of carbonyl (C=O) groups excluding carboxylic acids is 1. The Morgan fingerprint density at radius 3 is 2.44 bits per heavy atom. The van der Waals surface area contributed by atoms with Gasteiger partial charge in [0.15, 0.2) is 11.9 Å². The Morgan fingerprint density at radius 1 is 1.09 bits per heavy atom. The molecule has 0 radical (unpaired) electrons. The lowest BCUT2D eigenvalue weighted by Gasteiger charge is -2.34. The zero-order chi connectivity index (χ0) is 31.3. The normalized spacial score (nSPS) is 20.1. The second-order valence-corrected chi connectivity index (χ2v) is 12.3. The van der Waals surface area contributed by atoms with Gasteiger partial charge in [0.2, 0.25) is 10.0 Å². The van der Waals surface area contributed by atoms with Crippen LogP contribution in [0.3, 0.4) is 0 Å². The summed E-state index contributed by atoms with van der Waals surface area (Å²) in [6, 6.07) is 3.70. The fourth-order valence-corrected chi connectivity index (χ4v) is 6.88. The van der Waals surface area contributed by atoms with E-state index in [4.69, 9.17) is 9.73 Å². The zero-order valence-corrected chi connectivity index (χ0v) is 24.9. The van der Waals surface area contributed by atoms with Crippen LogP contribution in [0.15, 0.2) is 44.9 Å². The van der Waals surface area contributed by atoms with Gasteiger partial charge >= 0.3 is 0 Å². The Morgan fingerprint density at radius 2 is 1.81 bits per heavy atom. The van der Waals surface area contributed by atoms with Gasteiger partial charge in [-0.15, -0.1) is 20.2 Å². The molecule has 0 bridgehead atoms. The molecule has 43 heavy (non-hydrogen) atoms. The first-order valence-electron chi connectivity index (χ1n) is 14.0. The molecule has 3 aliphatic heterocycles. The van der Waals surface area contributed by atoms with E-state index in [2.05, 4.69) is 14.7 Å². The molecule has 1 unspecified atom stereocenters. The Kier molecular flexibility index (Phi) is 9.95. The number of benzene rings is 1. The summed E-state index contributed by atoms with van der Waals surface area (Å²) >= 11 is 0. The Labute approximate surface area is 248 Å². The Hall–Kier alpha value is -4.12. The van der Waals surface area contributed by atoms with Gasteiger partial charge in [-0.05, 0) is 55.4 Å². The molecule has 17 heteroatoms. The lowest BCUT2D eigenvalue weighted by molar-refractivity contribution is -0.791. The molecule has 3 heterocycles. The van der Waals surface area contributed by atoms with Crippen molar-refractivity contribution in [2.75, 3.05) is 33.4 Å². The summed E-state index contributed by atoms with van der Waals surface area (Å²) in [4.78, 5) is 54.1. The summed E-state index contributed by atoms with van der Waals surface area (Å²) in [5.74, 6) is -0.541. The molecule has 2 atom stereocenters. The van der Waals surface area contributed by atoms with Crippen molar-refractivity contribution in [2.24, 2.45) is 15.9 Å². The number of amidine groups is 1. The number of likely N-dealkylation sites (N-methyl/N-ethyl adjacent to an activating group) is 1. The quantitative estimate of drug-likeness (QED) is 0.218. The van der Waals surface area contributed by atoms with Crippen LogP contribution in [-0.4, -0.2) is 90.7 Å². The average molecular weight is 623 g/mol. The Balaban J connectivity index is 1.60. The van der Waals surface area contributed by atoms with Crippen molar-refractivity contribution in [1.82, 2.24) is 9.21 Å². The molecule has 3 aliphatic rings. The van der Waals surface area contributed by atoms with Gasteiger partial charge in [0.1, 0.15) is 18.5 Å². The number of sulfonamides is 1. The van der Waals surface area contributed by atoms with E-state index < -0.39 is 50.8 Å². The number of ether oxygens (including phenoxy) is 1. The van der Waals surface area contributed by atoms with Gasteiger partial charge in [-0.2, -0.15) is 9.30 Å². The third-order valence-electron chi connectivity index (χ3n) is 7.43. The van der Waals surface area contributed by atoms with Crippen molar-refractivity contribution < 1.29 is 37.8 Å². The summed E-state index contributed by atoms with van der Waals surface area (Å²) in [5, 5.41) is 19.4. The molecule has 1 aromatic rings. The standard InChI is InChI=1S/C26H34N6O10S/c1-4-6-18-15-29(3)24-23(18)27-25(28-26(24)33)20-14-19(7-8-21(20)40-13-5-2)43(38,39)30-11-9-17(10-12-30)22(42-32(36)37)16-41-31(34)35/h7-8,14-15,17,22,24H,4-6,9-13,16H2,1-3H3/t22-,24?/m1/s1. The van der Waals surface area contributed by atoms with Crippen molar-refractivity contribution in [3.63, 3.8) is 0 Å². The van der Waals surface area contributed by atoms with Crippen LogP contribution in [0.5, 0.6) is 5.75 Å². The van der Waals surface area contributed by atoms with Gasteiger partial charge in [-0.1, -0.05) is 20.3 Å². The van der Waals surface area contributed by atoms with E-state index in [1.54, 1.807) is 11.9 Å². The average Bonchev–Trinajstić information content (AvgIpc) is 3.29. The predicted octanol–water partition coefficient (Wildman–Crippen LogP) is 2.39. The minimum absolute atomic E-state index is 0.00657. The third kappa shape index (κ3) is 7.10. The molecule has 0 aromatic heterocycles. The van der Waals surface area contributed by atoms with Crippen molar-refractivity contribution in [3.05, 3.63) is 55.8 Å². The number of amides is 1.